The summed E-state index contributed by atoms with van der Waals surface area (Å²) in [5, 5.41) is 3.62. The monoisotopic (exact) mass is 182 g/mol. The van der Waals surface area contributed by atoms with E-state index < -0.39 is 0 Å². The molecule has 62 valence electrons. The van der Waals surface area contributed by atoms with Gasteiger partial charge in [0.25, 0.3) is 0 Å². The topological polar surface area (TPSA) is 58.9 Å². The normalized spacial score (nSPS) is 10.4. The van der Waals surface area contributed by atoms with Crippen LogP contribution in [0, 0.1) is 6.92 Å². The predicted molar refractivity (Wildman–Crippen MR) is 45.2 cm³/mol. The molecule has 2 aromatic heterocycles. The number of aromatic amines is 1. The van der Waals surface area contributed by atoms with Crippen molar-refractivity contribution in [2.75, 3.05) is 0 Å². The Hall–Kier alpha value is -1.36. The minimum Gasteiger partial charge on any atom is -0.361 e. The Balaban J connectivity index is 2.57. The first-order chi connectivity index (χ1) is 5.77. The van der Waals surface area contributed by atoms with E-state index in [1.807, 2.05) is 6.92 Å². The number of nitrogens with zero attached hydrogens (tertiary/aromatic N) is 1. The minimum atomic E-state index is -0.0643. The van der Waals surface area contributed by atoms with Gasteiger partial charge in [0.1, 0.15) is 5.76 Å². The molecule has 2 heterocycles. The van der Waals surface area contributed by atoms with Gasteiger partial charge in [0.05, 0.1) is 16.6 Å². The Morgan fingerprint density at radius 2 is 2.50 bits per heavy atom. The van der Waals surface area contributed by atoms with Crippen LogP contribution in [-0.4, -0.2) is 10.1 Å². The Bertz CT molecular complexity index is 440. The standard InChI is InChI=1S/C7H6N2O2S/c1-4-5(2-9-11-4)6-3-8-7(10)12-6/h2-3H,1H3,(H,8,10). The molecule has 5 heteroatoms. The van der Waals surface area contributed by atoms with E-state index in [0.717, 1.165) is 27.5 Å². The second-order valence-corrected chi connectivity index (χ2v) is 3.35. The number of H-pyrrole nitrogens is 1. The van der Waals surface area contributed by atoms with Crippen LogP contribution in [0.3, 0.4) is 0 Å². The minimum absolute atomic E-state index is 0.0643. The molecule has 0 unspecified atom stereocenters. The lowest BCUT2D eigenvalue weighted by molar-refractivity contribution is 0.398. The van der Waals surface area contributed by atoms with Gasteiger partial charge in [-0.15, -0.1) is 0 Å². The van der Waals surface area contributed by atoms with Crippen LogP contribution in [0.4, 0.5) is 0 Å². The number of hydrogen-bond donors (Lipinski definition) is 1. The fourth-order valence-corrected chi connectivity index (χ4v) is 1.69. The molecule has 0 spiro atoms. The van der Waals surface area contributed by atoms with Crippen LogP contribution in [0.15, 0.2) is 21.7 Å². The van der Waals surface area contributed by atoms with E-state index in [9.17, 15) is 4.79 Å². The number of aromatic nitrogens is 2. The lowest BCUT2D eigenvalue weighted by atomic mass is 10.2. The van der Waals surface area contributed by atoms with E-state index in [0.29, 0.717) is 0 Å². The number of nitrogens with one attached hydrogen (secondary N) is 1. The molecule has 0 aromatic carbocycles. The van der Waals surface area contributed by atoms with Gasteiger partial charge in [-0.1, -0.05) is 16.5 Å². The number of thiazole rings is 1. The largest absolute Gasteiger partial charge is 0.361 e. The zero-order valence-corrected chi connectivity index (χ0v) is 7.14. The smallest absolute Gasteiger partial charge is 0.305 e. The Kier molecular flexibility index (Phi) is 1.58. The quantitative estimate of drug-likeness (QED) is 0.725. The summed E-state index contributed by atoms with van der Waals surface area (Å²) in [6.45, 7) is 1.81. The summed E-state index contributed by atoms with van der Waals surface area (Å²) in [4.78, 5) is 14.2. The van der Waals surface area contributed by atoms with Crippen LogP contribution >= 0.6 is 11.3 Å². The third-order valence-corrected chi connectivity index (χ3v) is 2.40. The van der Waals surface area contributed by atoms with Gasteiger partial charge in [0.15, 0.2) is 0 Å². The van der Waals surface area contributed by atoms with Crippen LogP contribution in [0.1, 0.15) is 5.76 Å². The first kappa shape index (κ1) is 7.30. The van der Waals surface area contributed by atoms with Gasteiger partial charge in [-0.2, -0.15) is 0 Å². The number of rotatable bonds is 1. The molecule has 4 nitrogen and oxygen atoms in total. The molecule has 0 aliphatic heterocycles. The highest BCUT2D eigenvalue weighted by Gasteiger charge is 2.07. The number of hydrogen-bond acceptors (Lipinski definition) is 4. The molecule has 0 atom stereocenters. The first-order valence-electron chi connectivity index (χ1n) is 3.37. The summed E-state index contributed by atoms with van der Waals surface area (Å²) in [5.74, 6) is 0.727. The van der Waals surface area contributed by atoms with Crippen LogP contribution in [0.2, 0.25) is 0 Å². The molecular formula is C7H6N2O2S. The molecule has 0 radical (unpaired) electrons. The molecule has 0 saturated carbocycles. The Morgan fingerprint density at radius 1 is 1.67 bits per heavy atom. The molecular weight excluding hydrogens is 176 g/mol. The fraction of sp³-hybridized carbons (Fsp3) is 0.143. The number of aryl methyl sites for hydroxylation is 1. The van der Waals surface area contributed by atoms with Crippen molar-refractivity contribution >= 4 is 11.3 Å². The first-order valence-corrected chi connectivity index (χ1v) is 4.19. The van der Waals surface area contributed by atoms with Crippen LogP contribution in [-0.2, 0) is 0 Å². The average Bonchev–Trinajstić information content (AvgIpc) is 2.58. The van der Waals surface area contributed by atoms with Crippen molar-refractivity contribution in [1.29, 1.82) is 0 Å². The highest BCUT2D eigenvalue weighted by molar-refractivity contribution is 7.12. The molecule has 12 heavy (non-hydrogen) atoms. The SMILES string of the molecule is Cc1oncc1-c1c[nH]c(=O)s1. The molecule has 0 aliphatic carbocycles. The summed E-state index contributed by atoms with van der Waals surface area (Å²) >= 11 is 1.15. The molecule has 0 bridgehead atoms. The lowest BCUT2D eigenvalue weighted by Crippen LogP contribution is -1.88. The molecule has 0 aliphatic rings. The summed E-state index contributed by atoms with van der Waals surface area (Å²) in [7, 11) is 0. The maximum Gasteiger partial charge on any atom is 0.305 e. The van der Waals surface area contributed by atoms with E-state index in [1.165, 1.54) is 0 Å². The van der Waals surface area contributed by atoms with Crippen molar-refractivity contribution in [3.8, 4) is 10.4 Å². The van der Waals surface area contributed by atoms with E-state index in [-0.39, 0.29) is 4.87 Å². The van der Waals surface area contributed by atoms with Crippen molar-refractivity contribution in [2.24, 2.45) is 0 Å². The van der Waals surface area contributed by atoms with Crippen molar-refractivity contribution in [2.45, 2.75) is 6.92 Å². The van der Waals surface area contributed by atoms with Gasteiger partial charge in [-0.05, 0) is 6.92 Å². The van der Waals surface area contributed by atoms with Crippen LogP contribution in [0.25, 0.3) is 10.4 Å². The average molecular weight is 182 g/mol. The van der Waals surface area contributed by atoms with Crippen molar-refractivity contribution in [3.05, 3.63) is 27.8 Å². The van der Waals surface area contributed by atoms with E-state index in [4.69, 9.17) is 4.52 Å². The van der Waals surface area contributed by atoms with Crippen LogP contribution < -0.4 is 4.87 Å². The highest BCUT2D eigenvalue weighted by Crippen LogP contribution is 2.23. The maximum atomic E-state index is 10.8. The summed E-state index contributed by atoms with van der Waals surface area (Å²) in [6, 6.07) is 0. The van der Waals surface area contributed by atoms with Gasteiger partial charge in [0.2, 0.25) is 0 Å². The maximum absolute atomic E-state index is 10.8. The second-order valence-electron chi connectivity index (χ2n) is 2.34. The van der Waals surface area contributed by atoms with Gasteiger partial charge in [-0.25, -0.2) is 0 Å². The van der Waals surface area contributed by atoms with Gasteiger partial charge < -0.3 is 9.51 Å². The van der Waals surface area contributed by atoms with E-state index >= 15 is 0 Å². The van der Waals surface area contributed by atoms with Gasteiger partial charge >= 0.3 is 4.87 Å². The second kappa shape index (κ2) is 2.60. The zero-order valence-electron chi connectivity index (χ0n) is 6.33. The van der Waals surface area contributed by atoms with E-state index in [2.05, 4.69) is 10.1 Å². The molecule has 1 N–H and O–H groups in total. The lowest BCUT2D eigenvalue weighted by Gasteiger charge is -1.86. The highest BCUT2D eigenvalue weighted by atomic mass is 32.1. The Morgan fingerprint density at radius 3 is 3.00 bits per heavy atom. The molecule has 2 rings (SSSR count). The van der Waals surface area contributed by atoms with Gasteiger partial charge in [-0.3, -0.25) is 4.79 Å². The summed E-state index contributed by atoms with van der Waals surface area (Å²) in [5.41, 5.74) is 0.873. The van der Waals surface area contributed by atoms with Crippen LogP contribution in [0.5, 0.6) is 0 Å². The van der Waals surface area contributed by atoms with Crippen molar-refractivity contribution in [3.63, 3.8) is 0 Å². The summed E-state index contributed by atoms with van der Waals surface area (Å²) < 4.78 is 4.87. The summed E-state index contributed by atoms with van der Waals surface area (Å²) in [6.07, 6.45) is 3.26. The molecule has 2 aromatic rings. The third kappa shape index (κ3) is 1.08. The third-order valence-electron chi connectivity index (χ3n) is 1.54. The zero-order chi connectivity index (χ0) is 8.55. The van der Waals surface area contributed by atoms with Crippen molar-refractivity contribution in [1.82, 2.24) is 10.1 Å². The fourth-order valence-electron chi connectivity index (χ4n) is 0.951. The molecule has 0 saturated heterocycles. The predicted octanol–water partition coefficient (Wildman–Crippen LogP) is 1.40. The van der Waals surface area contributed by atoms with E-state index in [1.54, 1.807) is 12.4 Å². The molecule has 0 fully saturated rings. The van der Waals surface area contributed by atoms with Gasteiger partial charge in [0, 0.05) is 6.20 Å². The molecule has 0 amide bonds. The Labute approximate surface area is 71.8 Å². The van der Waals surface area contributed by atoms with Crippen molar-refractivity contribution < 1.29 is 4.52 Å².